The van der Waals surface area contributed by atoms with Crippen molar-refractivity contribution in [3.63, 3.8) is 0 Å². The number of para-hydroxylation sites is 1. The molecular weight excluding hydrogens is 200 g/mol. The standard InChI is InChI=1S/C13H18N2O/c1-13(2)7-8-15(9-13)12(16)10-5-3-4-6-11(10)14/h3-6H,7-9,14H2,1-2H3. The van der Waals surface area contributed by atoms with Gasteiger partial charge in [0.1, 0.15) is 0 Å². The SMILES string of the molecule is CC1(C)CCN(C(=O)c2ccccc2N)C1. The molecule has 86 valence electrons. The van der Waals surface area contributed by atoms with Gasteiger partial charge in [0.2, 0.25) is 0 Å². The monoisotopic (exact) mass is 218 g/mol. The second kappa shape index (κ2) is 3.81. The van der Waals surface area contributed by atoms with Crippen molar-refractivity contribution < 1.29 is 4.79 Å². The fraction of sp³-hybridized carbons (Fsp3) is 0.462. The molecule has 16 heavy (non-hydrogen) atoms. The molecule has 1 fully saturated rings. The Labute approximate surface area is 96.2 Å². The van der Waals surface area contributed by atoms with Gasteiger partial charge >= 0.3 is 0 Å². The highest BCUT2D eigenvalue weighted by molar-refractivity contribution is 5.99. The summed E-state index contributed by atoms with van der Waals surface area (Å²) >= 11 is 0. The predicted molar refractivity (Wildman–Crippen MR) is 65.2 cm³/mol. The molecule has 1 aliphatic heterocycles. The maximum Gasteiger partial charge on any atom is 0.255 e. The molecule has 0 aromatic heterocycles. The average Bonchev–Trinajstić information content (AvgIpc) is 2.59. The molecule has 0 unspecified atom stereocenters. The van der Waals surface area contributed by atoms with E-state index in [1.54, 1.807) is 12.1 Å². The maximum atomic E-state index is 12.2. The summed E-state index contributed by atoms with van der Waals surface area (Å²) in [5, 5.41) is 0. The predicted octanol–water partition coefficient (Wildman–Crippen LogP) is 2.14. The van der Waals surface area contributed by atoms with Crippen molar-refractivity contribution >= 4 is 11.6 Å². The Morgan fingerprint density at radius 2 is 2.06 bits per heavy atom. The highest BCUT2D eigenvalue weighted by atomic mass is 16.2. The molecule has 2 rings (SSSR count). The molecule has 1 aromatic rings. The van der Waals surface area contributed by atoms with Crippen LogP contribution in [0.4, 0.5) is 5.69 Å². The molecular formula is C13H18N2O. The third kappa shape index (κ3) is 2.03. The molecule has 3 nitrogen and oxygen atoms in total. The Morgan fingerprint density at radius 1 is 1.38 bits per heavy atom. The summed E-state index contributed by atoms with van der Waals surface area (Å²) in [4.78, 5) is 14.1. The first-order valence-electron chi connectivity index (χ1n) is 5.63. The van der Waals surface area contributed by atoms with E-state index in [0.29, 0.717) is 11.3 Å². The summed E-state index contributed by atoms with van der Waals surface area (Å²) in [7, 11) is 0. The second-order valence-electron chi connectivity index (χ2n) is 5.23. The topological polar surface area (TPSA) is 46.3 Å². The lowest BCUT2D eigenvalue weighted by molar-refractivity contribution is 0.0779. The van der Waals surface area contributed by atoms with Gasteiger partial charge in [0, 0.05) is 18.8 Å². The molecule has 1 aromatic carbocycles. The quantitative estimate of drug-likeness (QED) is 0.734. The van der Waals surface area contributed by atoms with Gasteiger partial charge in [-0.15, -0.1) is 0 Å². The molecule has 1 saturated heterocycles. The van der Waals surface area contributed by atoms with Gasteiger partial charge in [-0.1, -0.05) is 26.0 Å². The zero-order valence-electron chi connectivity index (χ0n) is 9.86. The zero-order chi connectivity index (χ0) is 11.8. The van der Waals surface area contributed by atoms with Crippen LogP contribution in [0.25, 0.3) is 0 Å². The van der Waals surface area contributed by atoms with E-state index in [2.05, 4.69) is 13.8 Å². The summed E-state index contributed by atoms with van der Waals surface area (Å²) in [6, 6.07) is 7.27. The fourth-order valence-electron chi connectivity index (χ4n) is 2.15. The molecule has 3 heteroatoms. The third-order valence-corrected chi connectivity index (χ3v) is 3.16. The minimum absolute atomic E-state index is 0.0590. The van der Waals surface area contributed by atoms with Crippen molar-refractivity contribution in [2.24, 2.45) is 5.41 Å². The molecule has 0 spiro atoms. The van der Waals surface area contributed by atoms with E-state index >= 15 is 0 Å². The van der Waals surface area contributed by atoms with E-state index in [1.807, 2.05) is 17.0 Å². The number of hydrogen-bond donors (Lipinski definition) is 1. The van der Waals surface area contributed by atoms with Crippen LogP contribution in [0.15, 0.2) is 24.3 Å². The van der Waals surface area contributed by atoms with E-state index in [-0.39, 0.29) is 11.3 Å². The smallest absolute Gasteiger partial charge is 0.255 e. The van der Waals surface area contributed by atoms with Gasteiger partial charge in [-0.05, 0) is 24.0 Å². The second-order valence-corrected chi connectivity index (χ2v) is 5.23. The number of hydrogen-bond acceptors (Lipinski definition) is 2. The van der Waals surface area contributed by atoms with Gasteiger partial charge in [-0.25, -0.2) is 0 Å². The molecule has 0 atom stereocenters. The maximum absolute atomic E-state index is 12.2. The number of amides is 1. The number of carbonyl (C=O) groups excluding carboxylic acids is 1. The van der Waals surface area contributed by atoms with E-state index in [0.717, 1.165) is 19.5 Å². The van der Waals surface area contributed by atoms with Crippen molar-refractivity contribution in [2.75, 3.05) is 18.8 Å². The Balaban J connectivity index is 2.18. The normalized spacial score (nSPS) is 18.8. The largest absolute Gasteiger partial charge is 0.398 e. The van der Waals surface area contributed by atoms with Gasteiger partial charge in [-0.3, -0.25) is 4.79 Å². The third-order valence-electron chi connectivity index (χ3n) is 3.16. The minimum Gasteiger partial charge on any atom is -0.398 e. The van der Waals surface area contributed by atoms with Gasteiger partial charge < -0.3 is 10.6 Å². The Morgan fingerprint density at radius 3 is 2.62 bits per heavy atom. The Bertz CT molecular complexity index is 412. The molecule has 1 heterocycles. The summed E-state index contributed by atoms with van der Waals surface area (Å²) in [5.41, 5.74) is 7.24. The fourth-order valence-corrected chi connectivity index (χ4v) is 2.15. The molecule has 1 amide bonds. The molecule has 0 saturated carbocycles. The van der Waals surface area contributed by atoms with Crippen LogP contribution >= 0.6 is 0 Å². The lowest BCUT2D eigenvalue weighted by Crippen LogP contribution is -2.30. The zero-order valence-corrected chi connectivity index (χ0v) is 9.86. The summed E-state index contributed by atoms with van der Waals surface area (Å²) in [6.45, 7) is 6.03. The van der Waals surface area contributed by atoms with E-state index < -0.39 is 0 Å². The van der Waals surface area contributed by atoms with Crippen LogP contribution < -0.4 is 5.73 Å². The summed E-state index contributed by atoms with van der Waals surface area (Å²) in [5.74, 6) is 0.0590. The number of likely N-dealkylation sites (tertiary alicyclic amines) is 1. The first kappa shape index (κ1) is 11.0. The number of nitrogen functional groups attached to an aromatic ring is 1. The van der Waals surface area contributed by atoms with Crippen LogP contribution in [0.5, 0.6) is 0 Å². The number of nitrogens with zero attached hydrogens (tertiary/aromatic N) is 1. The number of anilines is 1. The number of rotatable bonds is 1. The van der Waals surface area contributed by atoms with Crippen molar-refractivity contribution in [1.82, 2.24) is 4.90 Å². The van der Waals surface area contributed by atoms with Crippen LogP contribution in [0.2, 0.25) is 0 Å². The Kier molecular flexibility index (Phi) is 2.62. The minimum atomic E-state index is 0.0590. The first-order chi connectivity index (χ1) is 7.49. The average molecular weight is 218 g/mol. The van der Waals surface area contributed by atoms with Crippen LogP contribution in [-0.4, -0.2) is 23.9 Å². The number of carbonyl (C=O) groups is 1. The first-order valence-corrected chi connectivity index (χ1v) is 5.63. The van der Waals surface area contributed by atoms with E-state index in [4.69, 9.17) is 5.73 Å². The van der Waals surface area contributed by atoms with E-state index in [9.17, 15) is 4.79 Å². The van der Waals surface area contributed by atoms with E-state index in [1.165, 1.54) is 0 Å². The van der Waals surface area contributed by atoms with Crippen molar-refractivity contribution in [2.45, 2.75) is 20.3 Å². The highest BCUT2D eigenvalue weighted by Gasteiger charge is 2.32. The van der Waals surface area contributed by atoms with Gasteiger partial charge in [0.25, 0.3) is 5.91 Å². The number of benzene rings is 1. The van der Waals surface area contributed by atoms with Crippen molar-refractivity contribution in [1.29, 1.82) is 0 Å². The van der Waals surface area contributed by atoms with Crippen molar-refractivity contribution in [3.05, 3.63) is 29.8 Å². The lowest BCUT2D eigenvalue weighted by atomic mass is 9.93. The van der Waals surface area contributed by atoms with Crippen LogP contribution in [-0.2, 0) is 0 Å². The summed E-state index contributed by atoms with van der Waals surface area (Å²) in [6.07, 6.45) is 1.06. The molecule has 1 aliphatic rings. The van der Waals surface area contributed by atoms with Gasteiger partial charge in [-0.2, -0.15) is 0 Å². The van der Waals surface area contributed by atoms with Crippen LogP contribution in [0.1, 0.15) is 30.6 Å². The number of nitrogens with two attached hydrogens (primary N) is 1. The van der Waals surface area contributed by atoms with Gasteiger partial charge in [0.05, 0.1) is 5.56 Å². The van der Waals surface area contributed by atoms with Gasteiger partial charge in [0.15, 0.2) is 0 Å². The molecule has 2 N–H and O–H groups in total. The molecule has 0 radical (unpaired) electrons. The highest BCUT2D eigenvalue weighted by Crippen LogP contribution is 2.30. The van der Waals surface area contributed by atoms with Crippen molar-refractivity contribution in [3.8, 4) is 0 Å². The van der Waals surface area contributed by atoms with Crippen LogP contribution in [0, 0.1) is 5.41 Å². The Hall–Kier alpha value is -1.51. The van der Waals surface area contributed by atoms with Crippen LogP contribution in [0.3, 0.4) is 0 Å². The molecule has 0 bridgehead atoms. The summed E-state index contributed by atoms with van der Waals surface area (Å²) < 4.78 is 0. The molecule has 0 aliphatic carbocycles. The lowest BCUT2D eigenvalue weighted by Gasteiger charge is -2.20.